The van der Waals surface area contributed by atoms with Gasteiger partial charge >= 0.3 is 0 Å². The Kier molecular flexibility index (Phi) is 5.40. The molecule has 0 radical (unpaired) electrons. The molecule has 1 aromatic rings. The van der Waals surface area contributed by atoms with Crippen molar-refractivity contribution in [2.45, 2.75) is 31.7 Å². The summed E-state index contributed by atoms with van der Waals surface area (Å²) in [7, 11) is 0. The maximum absolute atomic E-state index is 12.1. The molecule has 2 fully saturated rings. The maximum atomic E-state index is 12.1. The third kappa shape index (κ3) is 4.27. The van der Waals surface area contributed by atoms with E-state index in [0.717, 1.165) is 45.1 Å². The molecular weight excluding hydrogens is 278 g/mol. The van der Waals surface area contributed by atoms with Crippen LogP contribution in [0.2, 0.25) is 0 Å². The molecule has 3 heterocycles. The normalized spacial score (nSPS) is 21.6. The average molecular weight is 303 g/mol. The van der Waals surface area contributed by atoms with E-state index < -0.39 is 0 Å². The molecule has 120 valence electrons. The fourth-order valence-corrected chi connectivity index (χ4v) is 3.31. The van der Waals surface area contributed by atoms with Crippen molar-refractivity contribution in [3.63, 3.8) is 0 Å². The standard InChI is InChI=1S/C17H25N3O2/c21-17(16-3-1-2-8-18-16)19-15-4-9-20(10-5-15)13-14-6-11-22-12-7-14/h1-3,8,14-15H,4-7,9-13H2,(H,19,21). The van der Waals surface area contributed by atoms with Gasteiger partial charge in [0.2, 0.25) is 0 Å². The van der Waals surface area contributed by atoms with Crippen LogP contribution in [0.15, 0.2) is 24.4 Å². The Morgan fingerprint density at radius 2 is 2.00 bits per heavy atom. The number of piperidine rings is 1. The van der Waals surface area contributed by atoms with Crippen molar-refractivity contribution in [2.24, 2.45) is 5.92 Å². The summed E-state index contributed by atoms with van der Waals surface area (Å²) in [6, 6.07) is 5.71. The number of hydrogen-bond donors (Lipinski definition) is 1. The predicted octanol–water partition coefficient (Wildman–Crippen LogP) is 1.70. The van der Waals surface area contributed by atoms with Crippen molar-refractivity contribution < 1.29 is 9.53 Å². The molecular formula is C17H25N3O2. The lowest BCUT2D eigenvalue weighted by Gasteiger charge is -2.35. The number of aromatic nitrogens is 1. The molecule has 0 bridgehead atoms. The van der Waals surface area contributed by atoms with Crippen molar-refractivity contribution in [3.05, 3.63) is 30.1 Å². The molecule has 1 aromatic heterocycles. The van der Waals surface area contributed by atoms with Crippen LogP contribution < -0.4 is 5.32 Å². The van der Waals surface area contributed by atoms with E-state index in [0.29, 0.717) is 5.69 Å². The molecule has 3 rings (SSSR count). The number of nitrogens with zero attached hydrogens (tertiary/aromatic N) is 2. The van der Waals surface area contributed by atoms with Crippen LogP contribution in [-0.2, 0) is 4.74 Å². The lowest BCUT2D eigenvalue weighted by molar-refractivity contribution is 0.0477. The highest BCUT2D eigenvalue weighted by atomic mass is 16.5. The second-order valence-corrected chi connectivity index (χ2v) is 6.32. The largest absolute Gasteiger partial charge is 0.381 e. The summed E-state index contributed by atoms with van der Waals surface area (Å²) in [6.07, 6.45) is 6.10. The quantitative estimate of drug-likeness (QED) is 0.920. The van der Waals surface area contributed by atoms with E-state index in [9.17, 15) is 4.79 Å². The zero-order valence-electron chi connectivity index (χ0n) is 13.0. The number of pyridine rings is 1. The molecule has 2 saturated heterocycles. The van der Waals surface area contributed by atoms with Gasteiger partial charge in [-0.25, -0.2) is 0 Å². The van der Waals surface area contributed by atoms with Gasteiger partial charge in [-0.05, 0) is 43.7 Å². The van der Waals surface area contributed by atoms with E-state index in [1.54, 1.807) is 12.3 Å². The van der Waals surface area contributed by atoms with Crippen molar-refractivity contribution >= 4 is 5.91 Å². The van der Waals surface area contributed by atoms with Gasteiger partial charge in [-0.2, -0.15) is 0 Å². The topological polar surface area (TPSA) is 54.5 Å². The first-order chi connectivity index (χ1) is 10.8. The monoisotopic (exact) mass is 303 g/mol. The molecule has 2 aliphatic rings. The molecule has 0 unspecified atom stereocenters. The fraction of sp³-hybridized carbons (Fsp3) is 0.647. The highest BCUT2D eigenvalue weighted by Crippen LogP contribution is 2.19. The van der Waals surface area contributed by atoms with Crippen molar-refractivity contribution in [2.75, 3.05) is 32.8 Å². The van der Waals surface area contributed by atoms with Gasteiger partial charge in [-0.15, -0.1) is 0 Å². The van der Waals surface area contributed by atoms with Crippen molar-refractivity contribution in [3.8, 4) is 0 Å². The number of hydrogen-bond acceptors (Lipinski definition) is 4. The van der Waals surface area contributed by atoms with Gasteiger partial charge in [-0.1, -0.05) is 6.07 Å². The summed E-state index contributed by atoms with van der Waals surface area (Å²) in [4.78, 5) is 18.8. The van der Waals surface area contributed by atoms with E-state index in [4.69, 9.17) is 4.74 Å². The van der Waals surface area contributed by atoms with Crippen molar-refractivity contribution in [1.29, 1.82) is 0 Å². The van der Waals surface area contributed by atoms with E-state index in [1.807, 2.05) is 12.1 Å². The van der Waals surface area contributed by atoms with Gasteiger partial charge in [0.1, 0.15) is 5.69 Å². The van der Waals surface area contributed by atoms with Crippen LogP contribution in [0.3, 0.4) is 0 Å². The molecule has 0 aliphatic carbocycles. The van der Waals surface area contributed by atoms with Crippen LogP contribution >= 0.6 is 0 Å². The SMILES string of the molecule is O=C(NC1CCN(CC2CCOCC2)CC1)c1ccccn1. The van der Waals surface area contributed by atoms with Gasteiger partial charge in [0, 0.05) is 45.1 Å². The summed E-state index contributed by atoms with van der Waals surface area (Å²) in [6.45, 7) is 5.17. The Balaban J connectivity index is 1.41. The Labute approximate surface area is 132 Å². The van der Waals surface area contributed by atoms with Crippen molar-refractivity contribution in [1.82, 2.24) is 15.2 Å². The van der Waals surface area contributed by atoms with Gasteiger partial charge in [0.25, 0.3) is 5.91 Å². The minimum absolute atomic E-state index is 0.0523. The minimum atomic E-state index is -0.0523. The molecule has 0 saturated carbocycles. The van der Waals surface area contributed by atoms with Gasteiger partial charge in [0.05, 0.1) is 0 Å². The Morgan fingerprint density at radius 3 is 2.68 bits per heavy atom. The Hall–Kier alpha value is -1.46. The lowest BCUT2D eigenvalue weighted by atomic mass is 9.97. The molecule has 0 spiro atoms. The van der Waals surface area contributed by atoms with Crippen LogP contribution in [0.4, 0.5) is 0 Å². The molecule has 0 aromatic carbocycles. The minimum Gasteiger partial charge on any atom is -0.381 e. The first-order valence-electron chi connectivity index (χ1n) is 8.33. The zero-order chi connectivity index (χ0) is 15.2. The lowest BCUT2D eigenvalue weighted by Crippen LogP contribution is -2.46. The molecule has 22 heavy (non-hydrogen) atoms. The molecule has 5 nitrogen and oxygen atoms in total. The molecule has 0 atom stereocenters. The summed E-state index contributed by atoms with van der Waals surface area (Å²) in [5.41, 5.74) is 0.507. The summed E-state index contributed by atoms with van der Waals surface area (Å²) in [5, 5.41) is 3.11. The number of nitrogens with one attached hydrogen (secondary N) is 1. The third-order valence-corrected chi connectivity index (χ3v) is 4.68. The fourth-order valence-electron chi connectivity index (χ4n) is 3.31. The number of amides is 1. The van der Waals surface area contributed by atoms with Crippen LogP contribution in [0.25, 0.3) is 0 Å². The Morgan fingerprint density at radius 1 is 1.23 bits per heavy atom. The first kappa shape index (κ1) is 15.4. The van der Waals surface area contributed by atoms with E-state index in [2.05, 4.69) is 15.2 Å². The number of rotatable bonds is 4. The maximum Gasteiger partial charge on any atom is 0.270 e. The number of likely N-dealkylation sites (tertiary alicyclic amines) is 1. The first-order valence-corrected chi connectivity index (χ1v) is 8.33. The predicted molar refractivity (Wildman–Crippen MR) is 84.7 cm³/mol. The van der Waals surface area contributed by atoms with E-state index in [-0.39, 0.29) is 11.9 Å². The van der Waals surface area contributed by atoms with Crippen LogP contribution in [0.1, 0.15) is 36.2 Å². The van der Waals surface area contributed by atoms with Gasteiger partial charge in [0.15, 0.2) is 0 Å². The van der Waals surface area contributed by atoms with Crippen LogP contribution in [0.5, 0.6) is 0 Å². The summed E-state index contributed by atoms with van der Waals surface area (Å²) >= 11 is 0. The average Bonchev–Trinajstić information content (AvgIpc) is 2.58. The molecule has 2 aliphatic heterocycles. The molecule has 1 amide bonds. The highest BCUT2D eigenvalue weighted by Gasteiger charge is 2.24. The highest BCUT2D eigenvalue weighted by molar-refractivity contribution is 5.92. The smallest absolute Gasteiger partial charge is 0.270 e. The third-order valence-electron chi connectivity index (χ3n) is 4.68. The molecule has 5 heteroatoms. The van der Waals surface area contributed by atoms with Crippen LogP contribution in [0, 0.1) is 5.92 Å². The number of carbonyl (C=O) groups is 1. The van der Waals surface area contributed by atoms with Crippen LogP contribution in [-0.4, -0.2) is 54.7 Å². The van der Waals surface area contributed by atoms with E-state index >= 15 is 0 Å². The number of ether oxygens (including phenoxy) is 1. The summed E-state index contributed by atoms with van der Waals surface area (Å²) in [5.74, 6) is 0.733. The van der Waals surface area contributed by atoms with E-state index in [1.165, 1.54) is 19.4 Å². The van der Waals surface area contributed by atoms with Gasteiger partial charge in [-0.3, -0.25) is 9.78 Å². The number of carbonyl (C=O) groups excluding carboxylic acids is 1. The second kappa shape index (κ2) is 7.70. The second-order valence-electron chi connectivity index (χ2n) is 6.32. The summed E-state index contributed by atoms with van der Waals surface area (Å²) < 4.78 is 5.42. The Bertz CT molecular complexity index is 466. The van der Waals surface area contributed by atoms with Gasteiger partial charge < -0.3 is 15.0 Å². The molecule has 1 N–H and O–H groups in total. The zero-order valence-corrected chi connectivity index (χ0v) is 13.0.